The largest absolute Gasteiger partial charge is 0.304 e. The van der Waals surface area contributed by atoms with Gasteiger partial charge in [-0.2, -0.15) is 5.26 Å². The Morgan fingerprint density at radius 1 is 1.39 bits per heavy atom. The standard InChI is InChI=1S/C13H15N5/c1-10(12-5-3-11(7-14)4-6-12)15-8-13-9-18(2)17-16-13/h3-6,9-10,15H,8H2,1-2H3. The van der Waals surface area contributed by atoms with Gasteiger partial charge in [0.1, 0.15) is 0 Å². The minimum Gasteiger partial charge on any atom is -0.304 e. The van der Waals surface area contributed by atoms with Crippen LogP contribution in [0.2, 0.25) is 0 Å². The molecule has 0 radical (unpaired) electrons. The highest BCUT2D eigenvalue weighted by Crippen LogP contribution is 2.13. The lowest BCUT2D eigenvalue weighted by molar-refractivity contribution is 0.567. The molecule has 2 aromatic rings. The fourth-order valence-electron chi connectivity index (χ4n) is 1.70. The minimum absolute atomic E-state index is 0.208. The molecule has 0 fully saturated rings. The van der Waals surface area contributed by atoms with Crippen LogP contribution in [0.15, 0.2) is 30.5 Å². The molecule has 0 bridgehead atoms. The van der Waals surface area contributed by atoms with Gasteiger partial charge < -0.3 is 5.32 Å². The van der Waals surface area contributed by atoms with Gasteiger partial charge in [-0.3, -0.25) is 4.68 Å². The molecule has 1 aromatic carbocycles. The van der Waals surface area contributed by atoms with Crippen molar-refractivity contribution in [2.45, 2.75) is 19.5 Å². The Bertz CT molecular complexity index is 550. The summed E-state index contributed by atoms with van der Waals surface area (Å²) in [5, 5.41) is 20.0. The summed E-state index contributed by atoms with van der Waals surface area (Å²) in [4.78, 5) is 0. The first-order valence-corrected chi connectivity index (χ1v) is 5.77. The van der Waals surface area contributed by atoms with E-state index < -0.39 is 0 Å². The van der Waals surface area contributed by atoms with Gasteiger partial charge in [-0.1, -0.05) is 17.3 Å². The van der Waals surface area contributed by atoms with Crippen molar-refractivity contribution in [2.24, 2.45) is 7.05 Å². The highest BCUT2D eigenvalue weighted by atomic mass is 15.4. The molecule has 0 aliphatic rings. The van der Waals surface area contributed by atoms with E-state index in [9.17, 15) is 0 Å². The van der Waals surface area contributed by atoms with Gasteiger partial charge in [0.05, 0.1) is 17.3 Å². The number of aryl methyl sites for hydroxylation is 1. The maximum absolute atomic E-state index is 8.74. The number of nitrogens with one attached hydrogen (secondary N) is 1. The predicted molar refractivity (Wildman–Crippen MR) is 67.4 cm³/mol. The smallest absolute Gasteiger partial charge is 0.0991 e. The molecule has 92 valence electrons. The van der Waals surface area contributed by atoms with E-state index in [-0.39, 0.29) is 6.04 Å². The second-order valence-corrected chi connectivity index (χ2v) is 4.22. The maximum atomic E-state index is 8.74. The van der Waals surface area contributed by atoms with Crippen LogP contribution < -0.4 is 5.32 Å². The van der Waals surface area contributed by atoms with E-state index in [1.807, 2.05) is 37.5 Å². The number of hydrogen-bond acceptors (Lipinski definition) is 4. The van der Waals surface area contributed by atoms with Gasteiger partial charge in [0, 0.05) is 25.8 Å². The van der Waals surface area contributed by atoms with Crippen molar-refractivity contribution < 1.29 is 0 Å². The Labute approximate surface area is 106 Å². The van der Waals surface area contributed by atoms with E-state index in [0.29, 0.717) is 12.1 Å². The zero-order valence-corrected chi connectivity index (χ0v) is 10.5. The highest BCUT2D eigenvalue weighted by molar-refractivity contribution is 5.32. The predicted octanol–water partition coefficient (Wildman–Crippen LogP) is 1.54. The Hall–Kier alpha value is -2.19. The van der Waals surface area contributed by atoms with Crippen LogP contribution in [0.4, 0.5) is 0 Å². The fraction of sp³-hybridized carbons (Fsp3) is 0.308. The van der Waals surface area contributed by atoms with E-state index in [1.165, 1.54) is 0 Å². The van der Waals surface area contributed by atoms with Crippen molar-refractivity contribution in [1.29, 1.82) is 5.26 Å². The van der Waals surface area contributed by atoms with Crippen LogP contribution in [0, 0.1) is 11.3 Å². The van der Waals surface area contributed by atoms with Crippen LogP contribution in [0.1, 0.15) is 29.8 Å². The van der Waals surface area contributed by atoms with Crippen LogP contribution >= 0.6 is 0 Å². The van der Waals surface area contributed by atoms with E-state index in [4.69, 9.17) is 5.26 Å². The van der Waals surface area contributed by atoms with Crippen LogP contribution in [0.5, 0.6) is 0 Å². The number of nitriles is 1. The second kappa shape index (κ2) is 5.43. The summed E-state index contributed by atoms with van der Waals surface area (Å²) in [6, 6.07) is 9.91. The van der Waals surface area contributed by atoms with Crippen LogP contribution in [-0.4, -0.2) is 15.0 Å². The summed E-state index contributed by atoms with van der Waals surface area (Å²) < 4.78 is 1.68. The van der Waals surface area contributed by atoms with Crippen molar-refractivity contribution in [3.63, 3.8) is 0 Å². The minimum atomic E-state index is 0.208. The first kappa shape index (κ1) is 12.3. The third kappa shape index (κ3) is 2.93. The number of rotatable bonds is 4. The quantitative estimate of drug-likeness (QED) is 0.881. The highest BCUT2D eigenvalue weighted by Gasteiger charge is 2.06. The number of benzene rings is 1. The fourth-order valence-corrected chi connectivity index (χ4v) is 1.70. The van der Waals surface area contributed by atoms with Crippen molar-refractivity contribution in [1.82, 2.24) is 20.3 Å². The molecular formula is C13H15N5. The average molecular weight is 241 g/mol. The summed E-state index contributed by atoms with van der Waals surface area (Å²) in [5.41, 5.74) is 2.75. The Balaban J connectivity index is 1.95. The van der Waals surface area contributed by atoms with Crippen LogP contribution in [0.3, 0.4) is 0 Å². The summed E-state index contributed by atoms with van der Waals surface area (Å²) >= 11 is 0. The zero-order valence-electron chi connectivity index (χ0n) is 10.5. The third-order valence-electron chi connectivity index (χ3n) is 2.78. The number of hydrogen-bond donors (Lipinski definition) is 1. The second-order valence-electron chi connectivity index (χ2n) is 4.22. The van der Waals surface area contributed by atoms with Gasteiger partial charge in [-0.05, 0) is 24.6 Å². The van der Waals surface area contributed by atoms with E-state index >= 15 is 0 Å². The summed E-state index contributed by atoms with van der Waals surface area (Å²) in [5.74, 6) is 0. The number of nitrogens with zero attached hydrogens (tertiary/aromatic N) is 4. The van der Waals surface area contributed by atoms with Gasteiger partial charge in [-0.25, -0.2) is 0 Å². The van der Waals surface area contributed by atoms with Gasteiger partial charge in [0.2, 0.25) is 0 Å². The molecule has 1 N–H and O–H groups in total. The van der Waals surface area contributed by atoms with Gasteiger partial charge in [-0.15, -0.1) is 5.10 Å². The van der Waals surface area contributed by atoms with E-state index in [0.717, 1.165) is 11.3 Å². The molecule has 1 atom stereocenters. The molecule has 0 amide bonds. The monoisotopic (exact) mass is 241 g/mol. The van der Waals surface area contributed by atoms with Gasteiger partial charge in [0.25, 0.3) is 0 Å². The van der Waals surface area contributed by atoms with Gasteiger partial charge >= 0.3 is 0 Å². The topological polar surface area (TPSA) is 66.5 Å². The molecule has 0 saturated carbocycles. The third-order valence-corrected chi connectivity index (χ3v) is 2.78. The summed E-state index contributed by atoms with van der Waals surface area (Å²) in [7, 11) is 1.85. The van der Waals surface area contributed by atoms with E-state index in [2.05, 4.69) is 28.6 Å². The van der Waals surface area contributed by atoms with Gasteiger partial charge in [0.15, 0.2) is 0 Å². The SMILES string of the molecule is CC(NCc1cn(C)nn1)c1ccc(C#N)cc1. The first-order chi connectivity index (χ1) is 8.69. The molecule has 0 spiro atoms. The number of aromatic nitrogens is 3. The zero-order chi connectivity index (χ0) is 13.0. The van der Waals surface area contributed by atoms with Crippen molar-refractivity contribution >= 4 is 0 Å². The molecule has 5 nitrogen and oxygen atoms in total. The lowest BCUT2D eigenvalue weighted by Gasteiger charge is -2.13. The molecule has 0 aliphatic carbocycles. The molecule has 1 unspecified atom stereocenters. The molecule has 0 saturated heterocycles. The van der Waals surface area contributed by atoms with Crippen molar-refractivity contribution in [3.05, 3.63) is 47.3 Å². The van der Waals surface area contributed by atoms with Crippen molar-refractivity contribution in [3.8, 4) is 6.07 Å². The Kier molecular flexibility index (Phi) is 3.70. The Morgan fingerprint density at radius 3 is 2.67 bits per heavy atom. The molecule has 2 rings (SSSR count). The summed E-state index contributed by atoms with van der Waals surface area (Å²) in [6.45, 7) is 2.76. The van der Waals surface area contributed by atoms with Crippen LogP contribution in [-0.2, 0) is 13.6 Å². The van der Waals surface area contributed by atoms with Crippen LogP contribution in [0.25, 0.3) is 0 Å². The summed E-state index contributed by atoms with van der Waals surface area (Å²) in [6.07, 6.45) is 1.89. The lowest BCUT2D eigenvalue weighted by Crippen LogP contribution is -2.18. The molecule has 0 aliphatic heterocycles. The molecule has 1 heterocycles. The van der Waals surface area contributed by atoms with Crippen molar-refractivity contribution in [2.75, 3.05) is 0 Å². The first-order valence-electron chi connectivity index (χ1n) is 5.77. The normalized spacial score (nSPS) is 12.1. The molecule has 1 aromatic heterocycles. The average Bonchev–Trinajstić information content (AvgIpc) is 2.82. The molecule has 18 heavy (non-hydrogen) atoms. The Morgan fingerprint density at radius 2 is 2.11 bits per heavy atom. The molecule has 5 heteroatoms. The maximum Gasteiger partial charge on any atom is 0.0991 e. The lowest BCUT2D eigenvalue weighted by atomic mass is 10.1. The molecular weight excluding hydrogens is 226 g/mol. The van der Waals surface area contributed by atoms with E-state index in [1.54, 1.807) is 4.68 Å².